The molecule has 1 saturated heterocycles. The normalized spacial score (nSPS) is 16.7. The Labute approximate surface area is 239 Å². The number of amides is 3. The quantitative estimate of drug-likeness (QED) is 0.368. The number of hydrogen-bond acceptors (Lipinski definition) is 5. The Morgan fingerprint density at radius 3 is 2.44 bits per heavy atom. The zero-order chi connectivity index (χ0) is 30.5. The molecule has 3 N–H and O–H groups in total. The van der Waals surface area contributed by atoms with Crippen LogP contribution in [0.4, 0.5) is 33.3 Å². The second-order valence-corrected chi connectivity index (χ2v) is 10.3. The Morgan fingerprint density at radius 2 is 1.80 bits per heavy atom. The summed E-state index contributed by atoms with van der Waals surface area (Å²) in [4.78, 5) is 39.7. The Hall–Kier alpha value is -3.45. The Kier molecular flexibility index (Phi) is 10.5. The Balaban J connectivity index is 1.71. The maximum absolute atomic E-state index is 14.9. The molecule has 2 aromatic rings. The first-order chi connectivity index (χ1) is 19.2. The lowest BCUT2D eigenvalue weighted by Crippen LogP contribution is -2.52. The van der Waals surface area contributed by atoms with Crippen LogP contribution < -0.4 is 20.9 Å². The molecule has 0 radical (unpaired) electrons. The van der Waals surface area contributed by atoms with Gasteiger partial charge in [0.25, 0.3) is 5.91 Å². The summed E-state index contributed by atoms with van der Waals surface area (Å²) >= 11 is 6.18. The molecule has 8 nitrogen and oxygen atoms in total. The van der Waals surface area contributed by atoms with E-state index in [1.165, 1.54) is 32.0 Å². The number of alkyl halides is 3. The number of benzene rings is 2. The zero-order valence-corrected chi connectivity index (χ0v) is 23.4. The number of anilines is 2. The molecular weight excluding hydrogens is 573 g/mol. The molecule has 3 amide bonds. The molecule has 1 fully saturated rings. The van der Waals surface area contributed by atoms with E-state index in [-0.39, 0.29) is 30.4 Å². The van der Waals surface area contributed by atoms with Crippen LogP contribution in [0.15, 0.2) is 30.3 Å². The van der Waals surface area contributed by atoms with Crippen molar-refractivity contribution in [1.82, 2.24) is 15.5 Å². The highest BCUT2D eigenvalue weighted by molar-refractivity contribution is 6.31. The predicted molar refractivity (Wildman–Crippen MR) is 145 cm³/mol. The van der Waals surface area contributed by atoms with E-state index in [4.69, 9.17) is 11.6 Å². The third kappa shape index (κ3) is 8.77. The van der Waals surface area contributed by atoms with Crippen LogP contribution in [0.25, 0.3) is 0 Å². The van der Waals surface area contributed by atoms with Gasteiger partial charge in [0.15, 0.2) is 11.6 Å². The Morgan fingerprint density at radius 1 is 1.10 bits per heavy atom. The van der Waals surface area contributed by atoms with E-state index in [1.807, 2.05) is 4.90 Å². The summed E-state index contributed by atoms with van der Waals surface area (Å²) in [6.07, 6.45) is -5.17. The van der Waals surface area contributed by atoms with Crippen molar-refractivity contribution < 1.29 is 36.3 Å². The second kappa shape index (κ2) is 13.5. The van der Waals surface area contributed by atoms with Crippen molar-refractivity contribution in [2.45, 2.75) is 52.0 Å². The molecule has 2 aromatic carbocycles. The number of carbonyl (C=O) groups is 3. The van der Waals surface area contributed by atoms with Crippen LogP contribution >= 0.6 is 11.6 Å². The van der Waals surface area contributed by atoms with Gasteiger partial charge in [-0.15, -0.1) is 0 Å². The molecule has 1 unspecified atom stereocenters. The van der Waals surface area contributed by atoms with Crippen molar-refractivity contribution in [3.05, 3.63) is 58.1 Å². The van der Waals surface area contributed by atoms with Crippen molar-refractivity contribution in [2.24, 2.45) is 0 Å². The van der Waals surface area contributed by atoms with Crippen LogP contribution in [-0.2, 0) is 16.1 Å². The van der Waals surface area contributed by atoms with E-state index >= 15 is 0 Å². The average molecular weight is 604 g/mol. The Bertz CT molecular complexity index is 1290. The van der Waals surface area contributed by atoms with E-state index in [2.05, 4.69) is 16.0 Å². The minimum Gasteiger partial charge on any atom is -0.367 e. The third-order valence-electron chi connectivity index (χ3n) is 6.67. The minimum atomic E-state index is -4.26. The number of rotatable bonds is 9. The van der Waals surface area contributed by atoms with E-state index in [0.717, 1.165) is 6.07 Å². The standard InChI is InChI=1S/C27H31ClF5N5O3/c1-15-14-38(11-10-37(15)9-8-27(31,32)33)22-12-19(28)5-7-21(22)36-26(41)20-6-4-18(23(29)24(20)30)13-34-25(40)16(2)35-17(3)39/h4-7,12,15-16H,8-11,13-14H2,1-3H3,(H,34,40)(H,35,39)(H,36,41)/t15-,16?/m1/s1. The third-order valence-corrected chi connectivity index (χ3v) is 6.90. The van der Waals surface area contributed by atoms with Crippen LogP contribution in [-0.4, -0.2) is 67.1 Å². The van der Waals surface area contributed by atoms with Gasteiger partial charge in [0.05, 0.1) is 23.4 Å². The van der Waals surface area contributed by atoms with E-state index < -0.39 is 53.6 Å². The fraction of sp³-hybridized carbons (Fsp3) is 0.444. The number of hydrogen-bond donors (Lipinski definition) is 3. The number of carbonyl (C=O) groups excluding carboxylic acids is 3. The molecule has 0 aliphatic carbocycles. The summed E-state index contributed by atoms with van der Waals surface area (Å²) < 4.78 is 67.7. The van der Waals surface area contributed by atoms with Gasteiger partial charge >= 0.3 is 6.18 Å². The van der Waals surface area contributed by atoms with Crippen molar-refractivity contribution in [3.8, 4) is 0 Å². The maximum Gasteiger partial charge on any atom is 0.390 e. The van der Waals surface area contributed by atoms with Gasteiger partial charge in [0.2, 0.25) is 11.8 Å². The summed E-state index contributed by atoms with van der Waals surface area (Å²) in [5, 5.41) is 7.69. The van der Waals surface area contributed by atoms with Crippen molar-refractivity contribution in [3.63, 3.8) is 0 Å². The van der Waals surface area contributed by atoms with Crippen LogP contribution in [0.2, 0.25) is 5.02 Å². The highest BCUT2D eigenvalue weighted by Crippen LogP contribution is 2.32. The molecule has 1 aliphatic heterocycles. The lowest BCUT2D eigenvalue weighted by Gasteiger charge is -2.41. The van der Waals surface area contributed by atoms with E-state index in [1.54, 1.807) is 17.9 Å². The van der Waals surface area contributed by atoms with Gasteiger partial charge in [-0.3, -0.25) is 19.3 Å². The molecule has 0 bridgehead atoms. The number of nitrogens with one attached hydrogen (secondary N) is 3. The van der Waals surface area contributed by atoms with Crippen LogP contribution in [0.5, 0.6) is 0 Å². The molecule has 0 aromatic heterocycles. The SMILES string of the molecule is CC(=O)NC(C)C(=O)NCc1ccc(C(=O)Nc2ccc(Cl)cc2N2CCN(CCC(F)(F)F)[C@H](C)C2)c(F)c1F. The molecule has 0 saturated carbocycles. The van der Waals surface area contributed by atoms with Crippen LogP contribution in [0.3, 0.4) is 0 Å². The van der Waals surface area contributed by atoms with Crippen molar-refractivity contribution in [2.75, 3.05) is 36.4 Å². The summed E-state index contributed by atoms with van der Waals surface area (Å²) in [6, 6.07) is 5.74. The number of halogens is 6. The zero-order valence-electron chi connectivity index (χ0n) is 22.7. The van der Waals surface area contributed by atoms with Gasteiger partial charge in [0.1, 0.15) is 6.04 Å². The number of piperazine rings is 1. The first kappa shape index (κ1) is 32.1. The maximum atomic E-state index is 14.9. The van der Waals surface area contributed by atoms with E-state index in [0.29, 0.717) is 30.3 Å². The minimum absolute atomic E-state index is 0.128. The summed E-state index contributed by atoms with van der Waals surface area (Å²) in [5.41, 5.74) is -0.0254. The predicted octanol–water partition coefficient (Wildman–Crippen LogP) is 4.47. The molecule has 41 heavy (non-hydrogen) atoms. The topological polar surface area (TPSA) is 93.8 Å². The first-order valence-corrected chi connectivity index (χ1v) is 13.2. The summed E-state index contributed by atoms with van der Waals surface area (Å²) in [6.45, 7) is 5.02. The molecule has 14 heteroatoms. The lowest BCUT2D eigenvalue weighted by molar-refractivity contribution is -0.139. The van der Waals surface area contributed by atoms with Gasteiger partial charge in [0, 0.05) is 56.3 Å². The summed E-state index contributed by atoms with van der Waals surface area (Å²) in [7, 11) is 0. The molecule has 1 aliphatic rings. The van der Waals surface area contributed by atoms with Gasteiger partial charge in [-0.1, -0.05) is 17.7 Å². The average Bonchev–Trinajstić information content (AvgIpc) is 2.88. The molecular formula is C27H31ClF5N5O3. The van der Waals surface area contributed by atoms with Crippen molar-refractivity contribution >= 4 is 40.7 Å². The van der Waals surface area contributed by atoms with Gasteiger partial charge in [-0.05, 0) is 38.1 Å². The molecule has 1 heterocycles. The van der Waals surface area contributed by atoms with Crippen molar-refractivity contribution in [1.29, 1.82) is 0 Å². The largest absolute Gasteiger partial charge is 0.390 e. The number of nitrogens with zero attached hydrogens (tertiary/aromatic N) is 2. The molecule has 0 spiro atoms. The smallest absolute Gasteiger partial charge is 0.367 e. The van der Waals surface area contributed by atoms with Crippen LogP contribution in [0, 0.1) is 11.6 Å². The van der Waals surface area contributed by atoms with E-state index in [9.17, 15) is 36.3 Å². The summed E-state index contributed by atoms with van der Waals surface area (Å²) in [5.74, 6) is -4.69. The monoisotopic (exact) mass is 603 g/mol. The fourth-order valence-corrected chi connectivity index (χ4v) is 4.65. The highest BCUT2D eigenvalue weighted by atomic mass is 35.5. The highest BCUT2D eigenvalue weighted by Gasteiger charge is 2.32. The molecule has 3 rings (SSSR count). The first-order valence-electron chi connectivity index (χ1n) is 12.8. The van der Waals surface area contributed by atoms with Gasteiger partial charge in [-0.25, -0.2) is 8.78 Å². The molecule has 224 valence electrons. The lowest BCUT2D eigenvalue weighted by atomic mass is 10.1. The van der Waals surface area contributed by atoms with Crippen LogP contribution in [0.1, 0.15) is 43.1 Å². The van der Waals surface area contributed by atoms with Gasteiger partial charge < -0.3 is 20.9 Å². The van der Waals surface area contributed by atoms with Gasteiger partial charge in [-0.2, -0.15) is 13.2 Å². The fourth-order valence-electron chi connectivity index (χ4n) is 4.49. The second-order valence-electron chi connectivity index (χ2n) is 9.85. The molecule has 2 atom stereocenters.